The fraction of sp³-hybridized carbons (Fsp3) is 0.926. The van der Waals surface area contributed by atoms with Crippen molar-refractivity contribution in [1.29, 1.82) is 0 Å². The van der Waals surface area contributed by atoms with E-state index in [9.17, 15) is 9.59 Å². The predicted octanol–water partition coefficient (Wildman–Crippen LogP) is 6.79. The monoisotopic (exact) mass is 474 g/mol. The van der Waals surface area contributed by atoms with Gasteiger partial charge in [0.25, 0.3) is 0 Å². The average Bonchev–Trinajstić information content (AvgIpc) is 3.17. The molecule has 190 valence electrons. The molecule has 2 amide bonds. The number of fused-ring (bicyclic) bond motifs is 7. The van der Waals surface area contributed by atoms with Gasteiger partial charge in [0, 0.05) is 5.92 Å². The molecule has 0 aromatic carbocycles. The number of nitrogens with zero attached hydrogens (tertiary/aromatic N) is 2. The van der Waals surface area contributed by atoms with E-state index in [-0.39, 0.29) is 24.2 Å². The number of rotatable bonds is 2. The van der Waals surface area contributed by atoms with E-state index in [4.69, 9.17) is 14.2 Å². The van der Waals surface area contributed by atoms with Crippen LogP contribution >= 0.6 is 0 Å². The van der Waals surface area contributed by atoms with Crippen LogP contribution in [0, 0.1) is 46.3 Å². The second kappa shape index (κ2) is 9.18. The van der Waals surface area contributed by atoms with Crippen LogP contribution in [0.2, 0.25) is 0 Å². The lowest BCUT2D eigenvalue weighted by atomic mass is 9.43. The molecule has 4 fully saturated rings. The van der Waals surface area contributed by atoms with Crippen molar-refractivity contribution >= 4 is 12.2 Å². The minimum atomic E-state index is -0.870. The third-order valence-electron chi connectivity index (χ3n) is 11.1. The van der Waals surface area contributed by atoms with Gasteiger partial charge in [-0.25, -0.2) is 9.59 Å². The molecule has 7 heteroatoms. The summed E-state index contributed by atoms with van der Waals surface area (Å²) in [5.41, 5.74) is 0.561. The lowest BCUT2D eigenvalue weighted by Crippen LogP contribution is -2.59. The van der Waals surface area contributed by atoms with Crippen molar-refractivity contribution in [3.05, 3.63) is 0 Å². The van der Waals surface area contributed by atoms with Crippen LogP contribution in [0.15, 0.2) is 10.2 Å². The van der Waals surface area contributed by atoms with E-state index < -0.39 is 12.2 Å². The van der Waals surface area contributed by atoms with Crippen LogP contribution in [0.4, 0.5) is 9.59 Å². The molecule has 5 aliphatic rings. The second-order valence-electron chi connectivity index (χ2n) is 12.3. The van der Waals surface area contributed by atoms with E-state index >= 15 is 0 Å². The van der Waals surface area contributed by atoms with Crippen LogP contribution in [0.5, 0.6) is 0 Å². The highest BCUT2D eigenvalue weighted by Crippen LogP contribution is 2.68. The molecule has 0 aromatic rings. The molecule has 4 aliphatic carbocycles. The van der Waals surface area contributed by atoms with Crippen LogP contribution in [0.3, 0.4) is 0 Å². The number of hydrogen-bond donors (Lipinski definition) is 0. The summed E-state index contributed by atoms with van der Waals surface area (Å²) in [6.45, 7) is 10.2. The van der Waals surface area contributed by atoms with Gasteiger partial charge in [0.05, 0.1) is 12.7 Å². The van der Waals surface area contributed by atoms with Crippen molar-refractivity contribution in [3.8, 4) is 0 Å². The van der Waals surface area contributed by atoms with Crippen molar-refractivity contribution < 1.29 is 23.8 Å². The van der Waals surface area contributed by atoms with E-state index in [1.807, 2.05) is 0 Å². The molecule has 0 spiro atoms. The first kappa shape index (κ1) is 24.2. The van der Waals surface area contributed by atoms with Crippen molar-refractivity contribution in [3.63, 3.8) is 0 Å². The zero-order valence-electron chi connectivity index (χ0n) is 21.3. The number of ether oxygens (including phenoxy) is 3. The average molecular weight is 475 g/mol. The molecule has 0 radical (unpaired) electrons. The Morgan fingerprint density at radius 3 is 2.47 bits per heavy atom. The predicted molar refractivity (Wildman–Crippen MR) is 126 cm³/mol. The Balaban J connectivity index is 1.49. The van der Waals surface area contributed by atoms with Gasteiger partial charge in [0.15, 0.2) is 0 Å². The summed E-state index contributed by atoms with van der Waals surface area (Å²) < 4.78 is 17.2. The van der Waals surface area contributed by atoms with E-state index in [2.05, 4.69) is 37.9 Å². The maximum Gasteiger partial charge on any atom is 0.452 e. The molecule has 3 bridgehead atoms. The van der Waals surface area contributed by atoms with Gasteiger partial charge in [-0.05, 0) is 91.8 Å². The van der Waals surface area contributed by atoms with Gasteiger partial charge in [-0.2, -0.15) is 0 Å². The Kier molecular flexibility index (Phi) is 6.54. The molecule has 7 nitrogen and oxygen atoms in total. The molecule has 34 heavy (non-hydrogen) atoms. The summed E-state index contributed by atoms with van der Waals surface area (Å²) >= 11 is 0. The molecule has 0 unspecified atom stereocenters. The Labute approximate surface area is 203 Å². The lowest BCUT2D eigenvalue weighted by Gasteiger charge is -2.62. The number of hydrogen-bond acceptors (Lipinski definition) is 5. The molecule has 4 saturated carbocycles. The fourth-order valence-corrected chi connectivity index (χ4v) is 9.30. The third kappa shape index (κ3) is 4.00. The molecule has 0 saturated heterocycles. The highest BCUT2D eigenvalue weighted by Gasteiger charge is 2.63. The number of cyclic esters (lactones) is 1. The maximum absolute atomic E-state index is 12.7. The van der Waals surface area contributed by atoms with E-state index in [0.29, 0.717) is 35.7 Å². The summed E-state index contributed by atoms with van der Waals surface area (Å²) in [4.78, 5) is 24.5. The Bertz CT molecular complexity index is 832. The van der Waals surface area contributed by atoms with E-state index in [1.165, 1.54) is 32.1 Å². The molecule has 0 N–H and O–H groups in total. The first-order valence-electron chi connectivity index (χ1n) is 13.7. The minimum Gasteiger partial charge on any atom is -0.444 e. The van der Waals surface area contributed by atoms with Gasteiger partial charge in [-0.3, -0.25) is 0 Å². The summed E-state index contributed by atoms with van der Waals surface area (Å²) in [6, 6.07) is 0. The maximum atomic E-state index is 12.7. The van der Waals surface area contributed by atoms with Gasteiger partial charge in [-0.1, -0.05) is 44.3 Å². The largest absolute Gasteiger partial charge is 0.452 e. The van der Waals surface area contributed by atoms with Crippen LogP contribution in [-0.2, 0) is 14.2 Å². The van der Waals surface area contributed by atoms with Gasteiger partial charge in [0.2, 0.25) is 0 Å². The number of carbonyl (C=O) groups excluding carboxylic acids is 2. The van der Waals surface area contributed by atoms with Gasteiger partial charge in [0.1, 0.15) is 12.7 Å². The van der Waals surface area contributed by atoms with Gasteiger partial charge < -0.3 is 14.2 Å². The Morgan fingerprint density at radius 2 is 1.68 bits per heavy atom. The number of carbonyl (C=O) groups is 2. The van der Waals surface area contributed by atoms with Crippen LogP contribution in [-0.4, -0.2) is 37.6 Å². The second-order valence-corrected chi connectivity index (χ2v) is 12.3. The number of amides is 2. The van der Waals surface area contributed by atoms with Gasteiger partial charge in [-0.15, -0.1) is 0 Å². The zero-order chi connectivity index (χ0) is 24.1. The normalized spacial score (nSPS) is 48.6. The molecular formula is C27H42N2O5. The first-order chi connectivity index (χ1) is 16.3. The van der Waals surface area contributed by atoms with E-state index in [1.54, 1.807) is 0 Å². The highest BCUT2D eigenvalue weighted by molar-refractivity contribution is 5.73. The summed E-state index contributed by atoms with van der Waals surface area (Å²) in [6.07, 6.45) is 8.64. The quantitative estimate of drug-likeness (QED) is 0.439. The number of azo groups is 1. The summed E-state index contributed by atoms with van der Waals surface area (Å²) in [7, 11) is 0. The van der Waals surface area contributed by atoms with Crippen LogP contribution in [0.1, 0.15) is 85.5 Å². The third-order valence-corrected chi connectivity index (χ3v) is 11.1. The molecule has 10 atom stereocenters. The molecule has 5 rings (SSSR count). The van der Waals surface area contributed by atoms with Crippen molar-refractivity contribution in [2.45, 2.75) is 97.7 Å². The van der Waals surface area contributed by atoms with Crippen LogP contribution in [0.25, 0.3) is 0 Å². The van der Waals surface area contributed by atoms with Crippen LogP contribution < -0.4 is 0 Å². The molecule has 0 aromatic heterocycles. The topological polar surface area (TPSA) is 86.5 Å². The van der Waals surface area contributed by atoms with Crippen molar-refractivity contribution in [1.82, 2.24) is 0 Å². The molecule has 1 aliphatic heterocycles. The molecule has 1 heterocycles. The first-order valence-corrected chi connectivity index (χ1v) is 13.7. The summed E-state index contributed by atoms with van der Waals surface area (Å²) in [5, 5.41) is 6.97. The van der Waals surface area contributed by atoms with Crippen molar-refractivity contribution in [2.75, 3.05) is 13.2 Å². The smallest absolute Gasteiger partial charge is 0.444 e. The minimum absolute atomic E-state index is 0.121. The standard InChI is InChI=1S/C27H42N2O5/c1-5-16(2)19-6-7-20-23-21(9-11-27(19,20)4)26(3)10-8-18-14-17(26)15-22(23)34-25(31)29-28-24(30)33-13-12-32-18/h16-23H,5-15H2,1-4H3/b29-28+/t16-,17+,18-,19-,20+,21+,22-,23+,26+,27-/m1/s1. The van der Waals surface area contributed by atoms with E-state index in [0.717, 1.165) is 37.5 Å². The fourth-order valence-electron chi connectivity index (χ4n) is 9.30. The molecular weight excluding hydrogens is 432 g/mol. The highest BCUT2D eigenvalue weighted by atomic mass is 16.6. The zero-order valence-corrected chi connectivity index (χ0v) is 21.3. The SMILES string of the molecule is CC[C@@H](C)[C@H]1CC[C@H]2[C@@H]3[C@H]4C[C@@H]5C[C@@H](CC[C@]5(C)[C@H]3CC[C@]12C)OCCOC(=O)/N=N/C(=O)O4. The van der Waals surface area contributed by atoms with Crippen molar-refractivity contribution in [2.24, 2.45) is 56.6 Å². The summed E-state index contributed by atoms with van der Waals surface area (Å²) in [5.74, 6) is 3.39. The Morgan fingerprint density at radius 1 is 0.941 bits per heavy atom. The lowest BCUT2D eigenvalue weighted by molar-refractivity contribution is -0.178. The Hall–Kier alpha value is -1.50. The van der Waals surface area contributed by atoms with Gasteiger partial charge >= 0.3 is 12.2 Å².